The maximum absolute atomic E-state index is 12.7. The number of hydrogen-bond donors (Lipinski definition) is 0. The van der Waals surface area contributed by atoms with Gasteiger partial charge in [0.2, 0.25) is 0 Å². The average Bonchev–Trinajstić information content (AvgIpc) is 2.38. The van der Waals surface area contributed by atoms with E-state index in [1.807, 2.05) is 22.6 Å². The Kier molecular flexibility index (Phi) is 3.93. The molecule has 2 aromatic carbocycles. The summed E-state index contributed by atoms with van der Waals surface area (Å²) in [5.41, 5.74) is -0.367. The fourth-order valence-electron chi connectivity index (χ4n) is 1.62. The van der Waals surface area contributed by atoms with Gasteiger partial charge in [0.05, 0.1) is 5.56 Å². The highest BCUT2D eigenvalue weighted by Crippen LogP contribution is 2.31. The van der Waals surface area contributed by atoms with E-state index in [9.17, 15) is 18.0 Å². The van der Waals surface area contributed by atoms with Crippen molar-refractivity contribution in [2.75, 3.05) is 0 Å². The molecular weight excluding hydrogens is 368 g/mol. The Bertz CT molecular complexity index is 606. The van der Waals surface area contributed by atoms with Crippen LogP contribution in [0, 0.1) is 3.57 Å². The maximum Gasteiger partial charge on any atom is 0.416 e. The standard InChI is InChI=1S/C14H8F3IO/c15-14(16,17)10-6-7-12(18)11(8-10)13(19)9-4-2-1-3-5-9/h1-8H. The number of benzene rings is 2. The largest absolute Gasteiger partial charge is 0.416 e. The third-order valence-electron chi connectivity index (χ3n) is 2.57. The van der Waals surface area contributed by atoms with E-state index in [0.29, 0.717) is 9.13 Å². The molecule has 0 aliphatic rings. The van der Waals surface area contributed by atoms with Gasteiger partial charge in [0.1, 0.15) is 0 Å². The van der Waals surface area contributed by atoms with Crippen molar-refractivity contribution in [1.82, 2.24) is 0 Å². The summed E-state index contributed by atoms with van der Waals surface area (Å²) in [4.78, 5) is 12.2. The van der Waals surface area contributed by atoms with E-state index in [-0.39, 0.29) is 5.56 Å². The first-order valence-electron chi connectivity index (χ1n) is 5.36. The number of ketones is 1. The first kappa shape index (κ1) is 14.0. The second kappa shape index (κ2) is 5.32. The van der Waals surface area contributed by atoms with Gasteiger partial charge < -0.3 is 0 Å². The van der Waals surface area contributed by atoms with Gasteiger partial charge in [-0.2, -0.15) is 13.2 Å². The lowest BCUT2D eigenvalue weighted by Crippen LogP contribution is -2.09. The van der Waals surface area contributed by atoms with Crippen LogP contribution in [0.5, 0.6) is 0 Å². The number of halogens is 4. The molecule has 1 nitrogen and oxygen atoms in total. The summed E-state index contributed by atoms with van der Waals surface area (Å²) in [6, 6.07) is 11.4. The van der Waals surface area contributed by atoms with E-state index < -0.39 is 17.5 Å². The van der Waals surface area contributed by atoms with Crippen LogP contribution in [0.3, 0.4) is 0 Å². The lowest BCUT2D eigenvalue weighted by molar-refractivity contribution is -0.137. The molecular formula is C14H8F3IO. The zero-order valence-corrected chi connectivity index (χ0v) is 11.7. The van der Waals surface area contributed by atoms with Gasteiger partial charge in [0.25, 0.3) is 0 Å². The van der Waals surface area contributed by atoms with E-state index in [2.05, 4.69) is 0 Å². The summed E-state index contributed by atoms with van der Waals surface area (Å²) in [5, 5.41) is 0. The highest BCUT2D eigenvalue weighted by Gasteiger charge is 2.31. The molecule has 0 atom stereocenters. The SMILES string of the molecule is O=C(c1ccccc1)c1cc(C(F)(F)F)ccc1I. The molecule has 0 aromatic heterocycles. The Morgan fingerprint density at radius 1 is 1.00 bits per heavy atom. The Hall–Kier alpha value is -1.37. The van der Waals surface area contributed by atoms with Crippen molar-refractivity contribution in [3.63, 3.8) is 0 Å². The van der Waals surface area contributed by atoms with Crippen molar-refractivity contribution in [1.29, 1.82) is 0 Å². The third-order valence-corrected chi connectivity index (χ3v) is 3.51. The van der Waals surface area contributed by atoms with Crippen molar-refractivity contribution in [3.05, 3.63) is 68.8 Å². The molecule has 5 heteroatoms. The Morgan fingerprint density at radius 3 is 2.21 bits per heavy atom. The van der Waals surface area contributed by atoms with Crippen LogP contribution in [0.4, 0.5) is 13.2 Å². The number of alkyl halides is 3. The molecule has 0 fully saturated rings. The molecule has 2 aromatic rings. The van der Waals surface area contributed by atoms with E-state index in [4.69, 9.17) is 0 Å². The Labute approximate surface area is 121 Å². The van der Waals surface area contributed by atoms with Crippen LogP contribution < -0.4 is 0 Å². The minimum absolute atomic E-state index is 0.0709. The van der Waals surface area contributed by atoms with Gasteiger partial charge in [-0.1, -0.05) is 30.3 Å². The summed E-state index contributed by atoms with van der Waals surface area (Å²) in [5.74, 6) is -0.406. The predicted octanol–water partition coefficient (Wildman–Crippen LogP) is 4.54. The average molecular weight is 376 g/mol. The molecule has 0 bridgehead atoms. The first-order chi connectivity index (χ1) is 8.89. The quantitative estimate of drug-likeness (QED) is 0.556. The van der Waals surface area contributed by atoms with Crippen molar-refractivity contribution < 1.29 is 18.0 Å². The van der Waals surface area contributed by atoms with Gasteiger partial charge in [-0.15, -0.1) is 0 Å². The molecule has 0 heterocycles. The van der Waals surface area contributed by atoms with Gasteiger partial charge >= 0.3 is 6.18 Å². The summed E-state index contributed by atoms with van der Waals surface area (Å²) in [6.45, 7) is 0. The molecule has 0 spiro atoms. The Morgan fingerprint density at radius 2 is 1.63 bits per heavy atom. The smallest absolute Gasteiger partial charge is 0.289 e. The van der Waals surface area contributed by atoms with Gasteiger partial charge in [0, 0.05) is 14.7 Å². The summed E-state index contributed by atoms with van der Waals surface area (Å²) >= 11 is 1.86. The van der Waals surface area contributed by atoms with E-state index in [1.54, 1.807) is 30.3 Å². The molecule has 0 aliphatic heterocycles. The lowest BCUT2D eigenvalue weighted by atomic mass is 10.0. The predicted molar refractivity (Wildman–Crippen MR) is 74.0 cm³/mol. The molecule has 0 N–H and O–H groups in total. The molecule has 98 valence electrons. The monoisotopic (exact) mass is 376 g/mol. The van der Waals surface area contributed by atoms with Crippen molar-refractivity contribution >= 4 is 28.4 Å². The van der Waals surface area contributed by atoms with Crippen LogP contribution in [-0.4, -0.2) is 5.78 Å². The van der Waals surface area contributed by atoms with Crippen LogP contribution in [0.25, 0.3) is 0 Å². The van der Waals surface area contributed by atoms with Gasteiger partial charge in [-0.3, -0.25) is 4.79 Å². The normalized spacial score (nSPS) is 11.4. The summed E-state index contributed by atoms with van der Waals surface area (Å²) in [6.07, 6.45) is -4.45. The molecule has 19 heavy (non-hydrogen) atoms. The van der Waals surface area contributed by atoms with Crippen LogP contribution >= 0.6 is 22.6 Å². The minimum atomic E-state index is -4.45. The molecule has 0 amide bonds. The van der Waals surface area contributed by atoms with Gasteiger partial charge in [0.15, 0.2) is 5.78 Å². The lowest BCUT2D eigenvalue weighted by Gasteiger charge is -2.10. The first-order valence-corrected chi connectivity index (χ1v) is 6.44. The fourth-order valence-corrected chi connectivity index (χ4v) is 2.20. The van der Waals surface area contributed by atoms with Crippen LogP contribution in [-0.2, 0) is 6.18 Å². The highest BCUT2D eigenvalue weighted by molar-refractivity contribution is 14.1. The highest BCUT2D eigenvalue weighted by atomic mass is 127. The van der Waals surface area contributed by atoms with E-state index in [1.165, 1.54) is 6.07 Å². The topological polar surface area (TPSA) is 17.1 Å². The maximum atomic E-state index is 12.7. The zero-order chi connectivity index (χ0) is 14.0. The molecule has 0 saturated carbocycles. The second-order valence-electron chi connectivity index (χ2n) is 3.89. The van der Waals surface area contributed by atoms with Crippen molar-refractivity contribution in [2.45, 2.75) is 6.18 Å². The molecule has 2 rings (SSSR count). The van der Waals surface area contributed by atoms with Crippen LogP contribution in [0.2, 0.25) is 0 Å². The minimum Gasteiger partial charge on any atom is -0.289 e. The van der Waals surface area contributed by atoms with Gasteiger partial charge in [-0.25, -0.2) is 0 Å². The van der Waals surface area contributed by atoms with Gasteiger partial charge in [-0.05, 0) is 40.8 Å². The van der Waals surface area contributed by atoms with Crippen molar-refractivity contribution in [2.24, 2.45) is 0 Å². The van der Waals surface area contributed by atoms with Crippen LogP contribution in [0.1, 0.15) is 21.5 Å². The number of carbonyl (C=O) groups is 1. The molecule has 0 aliphatic carbocycles. The molecule has 0 unspecified atom stereocenters. The zero-order valence-electron chi connectivity index (χ0n) is 9.54. The number of rotatable bonds is 2. The van der Waals surface area contributed by atoms with E-state index in [0.717, 1.165) is 12.1 Å². The van der Waals surface area contributed by atoms with E-state index >= 15 is 0 Å². The number of hydrogen-bond acceptors (Lipinski definition) is 1. The molecule has 0 radical (unpaired) electrons. The third kappa shape index (κ3) is 3.15. The summed E-state index contributed by atoms with van der Waals surface area (Å²) in [7, 11) is 0. The number of carbonyl (C=O) groups excluding carboxylic acids is 1. The molecule has 0 saturated heterocycles. The van der Waals surface area contributed by atoms with Crippen molar-refractivity contribution in [3.8, 4) is 0 Å². The summed E-state index contributed by atoms with van der Waals surface area (Å²) < 4.78 is 38.5. The fraction of sp³-hybridized carbons (Fsp3) is 0.0714. The Balaban J connectivity index is 2.48. The van der Waals surface area contributed by atoms with Crippen LogP contribution in [0.15, 0.2) is 48.5 Å². The second-order valence-corrected chi connectivity index (χ2v) is 5.05.